The number of benzene rings is 1. The van der Waals surface area contributed by atoms with E-state index in [0.29, 0.717) is 24.2 Å². The molecule has 2 aliphatic rings. The van der Waals surface area contributed by atoms with E-state index in [1.165, 1.54) is 61.9 Å². The van der Waals surface area contributed by atoms with Crippen LogP contribution >= 0.6 is 0 Å². The van der Waals surface area contributed by atoms with Gasteiger partial charge >= 0.3 is 17.1 Å². The molecule has 1 aromatic heterocycles. The zero-order valence-electron chi connectivity index (χ0n) is 19.2. The fourth-order valence-electron chi connectivity index (χ4n) is 4.90. The molecule has 2 saturated heterocycles. The van der Waals surface area contributed by atoms with E-state index >= 15 is 0 Å². The molecule has 2 fully saturated rings. The Hall–Kier alpha value is -1.35. The van der Waals surface area contributed by atoms with E-state index in [1.807, 2.05) is 0 Å². The Labute approximate surface area is 198 Å². The number of nitriles is 1. The monoisotopic (exact) mass is 470 g/mol. The number of nitrogens with one attached hydrogen (secondary N) is 1. The summed E-state index contributed by atoms with van der Waals surface area (Å²) in [6.45, 7) is 9.11. The number of hydrogen-bond acceptors (Lipinski definition) is 2. The van der Waals surface area contributed by atoms with Crippen molar-refractivity contribution < 1.29 is 17.1 Å². The van der Waals surface area contributed by atoms with Crippen LogP contribution in [0, 0.1) is 11.3 Å². The zero-order chi connectivity index (χ0) is 21.3. The number of rotatable bonds is 6. The van der Waals surface area contributed by atoms with E-state index in [-0.39, 0.29) is 17.1 Å². The van der Waals surface area contributed by atoms with Gasteiger partial charge in [-0.05, 0) is 24.7 Å². The maximum absolute atomic E-state index is 7.32. The molecule has 1 aromatic carbocycles. The van der Waals surface area contributed by atoms with Crippen molar-refractivity contribution in [3.8, 4) is 6.07 Å². The number of aromatic amines is 1. The Morgan fingerprint density at radius 1 is 1.00 bits per heavy atom. The summed E-state index contributed by atoms with van der Waals surface area (Å²) in [6, 6.07) is 12.4. The van der Waals surface area contributed by atoms with Crippen LogP contribution in [0.1, 0.15) is 64.9 Å². The first-order chi connectivity index (χ1) is 14.6. The van der Waals surface area contributed by atoms with Gasteiger partial charge in [-0.15, -0.1) is 24.2 Å². The van der Waals surface area contributed by atoms with E-state index in [9.17, 15) is 0 Å². The molecule has 0 radical (unpaired) electrons. The van der Waals surface area contributed by atoms with Crippen LogP contribution in [-0.2, 0) is 23.6 Å². The molecule has 4 rings (SSSR count). The molecular formula is C25H37CuN5-. The Kier molecular flexibility index (Phi) is 11.1. The fourth-order valence-corrected chi connectivity index (χ4v) is 4.90. The minimum atomic E-state index is 0. The maximum atomic E-state index is 7.32. The Morgan fingerprint density at radius 3 is 2.10 bits per heavy atom. The second kappa shape index (κ2) is 13.3. The van der Waals surface area contributed by atoms with Crippen LogP contribution in [0.3, 0.4) is 0 Å². The molecule has 0 aliphatic carbocycles. The van der Waals surface area contributed by atoms with Crippen LogP contribution in [0.2, 0.25) is 0 Å². The average molecular weight is 471 g/mol. The van der Waals surface area contributed by atoms with Crippen molar-refractivity contribution in [2.45, 2.75) is 90.0 Å². The standard InChI is InChI=1S/C23H34N4.C2H3N.Cu/c1-17-7-5-9-20(25-17)15-27(16-21-10-6-8-18(2)26-21)14-19-13-24-23-12-4-3-11-22(19)23;1-2-3;/h3-4,11-13,17-18,20-21,24H,5-10,14-16H2,1-2H3;1H3;/q-2;;+1. The number of para-hydroxylation sites is 1. The molecule has 4 atom stereocenters. The van der Waals surface area contributed by atoms with Gasteiger partial charge in [0.1, 0.15) is 0 Å². The fraction of sp³-hybridized carbons (Fsp3) is 0.640. The Bertz CT molecular complexity index is 790. The summed E-state index contributed by atoms with van der Waals surface area (Å²) in [5.74, 6) is 0. The van der Waals surface area contributed by atoms with Crippen LogP contribution in [0.5, 0.6) is 0 Å². The van der Waals surface area contributed by atoms with E-state index < -0.39 is 0 Å². The van der Waals surface area contributed by atoms with Crippen LogP contribution in [-0.4, -0.2) is 47.1 Å². The van der Waals surface area contributed by atoms with Gasteiger partial charge in [0.05, 0.1) is 6.07 Å². The molecule has 2 aliphatic heterocycles. The third-order valence-corrected chi connectivity index (χ3v) is 6.26. The summed E-state index contributed by atoms with van der Waals surface area (Å²) in [5.41, 5.74) is 2.64. The van der Waals surface area contributed by atoms with Crippen molar-refractivity contribution in [1.82, 2.24) is 9.88 Å². The van der Waals surface area contributed by atoms with Gasteiger partial charge in [-0.25, -0.2) is 0 Å². The maximum Gasteiger partial charge on any atom is 1.00 e. The summed E-state index contributed by atoms with van der Waals surface area (Å²) in [6.07, 6.45) is 9.84. The Balaban J connectivity index is 0.000000808. The van der Waals surface area contributed by atoms with Crippen molar-refractivity contribution in [1.29, 1.82) is 5.26 Å². The molecule has 0 bridgehead atoms. The third-order valence-electron chi connectivity index (χ3n) is 6.26. The molecule has 3 heterocycles. The predicted molar refractivity (Wildman–Crippen MR) is 126 cm³/mol. The number of hydrogen-bond donors (Lipinski definition) is 1. The quantitative estimate of drug-likeness (QED) is 0.516. The van der Waals surface area contributed by atoms with Gasteiger partial charge in [0.2, 0.25) is 0 Å². The van der Waals surface area contributed by atoms with Crippen LogP contribution in [0.4, 0.5) is 0 Å². The normalized spacial score (nSPS) is 25.9. The first-order valence-electron chi connectivity index (χ1n) is 11.6. The van der Waals surface area contributed by atoms with Gasteiger partial charge in [0, 0.05) is 30.6 Å². The number of H-pyrrole nitrogens is 1. The van der Waals surface area contributed by atoms with Gasteiger partial charge < -0.3 is 20.5 Å². The summed E-state index contributed by atoms with van der Waals surface area (Å²) < 4.78 is 0. The van der Waals surface area contributed by atoms with Gasteiger partial charge in [0.25, 0.3) is 0 Å². The van der Waals surface area contributed by atoms with E-state index in [1.54, 1.807) is 6.07 Å². The molecule has 0 amide bonds. The molecule has 0 saturated carbocycles. The minimum Gasteiger partial charge on any atom is -0.656 e. The van der Waals surface area contributed by atoms with Gasteiger partial charge in [0.15, 0.2) is 0 Å². The zero-order valence-corrected chi connectivity index (χ0v) is 20.1. The first-order valence-corrected chi connectivity index (χ1v) is 11.6. The molecule has 4 unspecified atom stereocenters. The van der Waals surface area contributed by atoms with Crippen LogP contribution < -0.4 is 0 Å². The van der Waals surface area contributed by atoms with Gasteiger partial charge in [-0.2, -0.15) is 5.26 Å². The van der Waals surface area contributed by atoms with E-state index in [4.69, 9.17) is 15.9 Å². The number of nitrogens with zero attached hydrogens (tertiary/aromatic N) is 4. The SMILES string of the molecule is CC#N.CC1CCCC(CN(Cc2c[nH]c3ccccc23)CC2CCCC(C)[N-]2)[N-]1.[Cu+]. The summed E-state index contributed by atoms with van der Waals surface area (Å²) >= 11 is 0. The topological polar surface area (TPSA) is 71.0 Å². The molecule has 31 heavy (non-hydrogen) atoms. The van der Waals surface area contributed by atoms with E-state index in [2.05, 4.69) is 54.2 Å². The molecule has 1 N–H and O–H groups in total. The molecule has 174 valence electrons. The molecular weight excluding hydrogens is 434 g/mol. The molecule has 6 heteroatoms. The first kappa shape index (κ1) is 25.9. The summed E-state index contributed by atoms with van der Waals surface area (Å²) in [7, 11) is 0. The Morgan fingerprint density at radius 2 is 1.55 bits per heavy atom. The van der Waals surface area contributed by atoms with Crippen molar-refractivity contribution in [3.05, 3.63) is 46.7 Å². The smallest absolute Gasteiger partial charge is 0.656 e. The van der Waals surface area contributed by atoms with E-state index in [0.717, 1.165) is 19.6 Å². The van der Waals surface area contributed by atoms with Crippen molar-refractivity contribution in [3.63, 3.8) is 0 Å². The van der Waals surface area contributed by atoms with Gasteiger partial charge in [-0.1, -0.05) is 70.6 Å². The van der Waals surface area contributed by atoms with Crippen molar-refractivity contribution in [2.75, 3.05) is 13.1 Å². The second-order valence-electron chi connectivity index (χ2n) is 8.94. The van der Waals surface area contributed by atoms with Gasteiger partial charge in [-0.3, -0.25) is 0 Å². The van der Waals surface area contributed by atoms with Crippen LogP contribution in [0.25, 0.3) is 21.5 Å². The number of aromatic nitrogens is 1. The average Bonchev–Trinajstić information content (AvgIpc) is 3.12. The van der Waals surface area contributed by atoms with Crippen molar-refractivity contribution >= 4 is 10.9 Å². The van der Waals surface area contributed by atoms with Crippen LogP contribution in [0.15, 0.2) is 30.5 Å². The van der Waals surface area contributed by atoms with Crippen molar-refractivity contribution in [2.24, 2.45) is 0 Å². The largest absolute Gasteiger partial charge is 1.00 e. The third kappa shape index (κ3) is 7.93. The number of fused-ring (bicyclic) bond motifs is 1. The summed E-state index contributed by atoms with van der Waals surface area (Å²) in [4.78, 5) is 6.07. The molecule has 5 nitrogen and oxygen atoms in total. The number of piperidine rings is 2. The summed E-state index contributed by atoms with van der Waals surface area (Å²) in [5, 5.41) is 18.8. The minimum absolute atomic E-state index is 0. The molecule has 2 aromatic rings. The predicted octanol–water partition coefficient (Wildman–Crippen LogP) is 6.13. The molecule has 0 spiro atoms. The second-order valence-corrected chi connectivity index (χ2v) is 8.94.